The lowest BCUT2D eigenvalue weighted by Crippen LogP contribution is -1.97. The number of hydrogen-bond acceptors (Lipinski definition) is 6. The summed E-state index contributed by atoms with van der Waals surface area (Å²) in [5.41, 5.74) is -0.751. The van der Waals surface area contributed by atoms with Crippen LogP contribution in [0.25, 0.3) is 6.08 Å². The van der Waals surface area contributed by atoms with Crippen LogP contribution in [0.5, 0.6) is 0 Å². The summed E-state index contributed by atoms with van der Waals surface area (Å²) in [5, 5.41) is 31.5. The van der Waals surface area contributed by atoms with Gasteiger partial charge in [-0.1, -0.05) is 0 Å². The Labute approximate surface area is 99.8 Å². The normalized spacial score (nSPS) is 10.5. The van der Waals surface area contributed by atoms with Gasteiger partial charge in [-0.2, -0.15) is 0 Å². The zero-order valence-electron chi connectivity index (χ0n) is 9.10. The zero-order chi connectivity index (χ0) is 13.9. The topological polar surface area (TPSA) is 129 Å². The van der Waals surface area contributed by atoms with Crippen molar-refractivity contribution in [2.24, 2.45) is 0 Å². The van der Waals surface area contributed by atoms with Crippen molar-refractivity contribution in [3.8, 4) is 0 Å². The summed E-state index contributed by atoms with van der Waals surface area (Å²) in [6.45, 7) is 1.36. The lowest BCUT2D eigenvalue weighted by molar-refractivity contribution is -0.401. The standard InChI is InChI=1S/C9H7N3O6/c1-6-7(2-3-10(13)14)4-8(11(15)16)5-9(6)12(17)18/h2-5H,1H3/b3-2+. The number of non-ortho nitro benzene ring substituents is 1. The summed E-state index contributed by atoms with van der Waals surface area (Å²) >= 11 is 0. The van der Waals surface area contributed by atoms with Crippen molar-refractivity contribution in [1.82, 2.24) is 0 Å². The molecule has 0 spiro atoms. The van der Waals surface area contributed by atoms with Crippen molar-refractivity contribution < 1.29 is 14.8 Å². The maximum Gasteiger partial charge on any atom is 0.279 e. The van der Waals surface area contributed by atoms with Crippen LogP contribution in [0.4, 0.5) is 11.4 Å². The monoisotopic (exact) mass is 253 g/mol. The molecule has 0 heterocycles. The second-order valence-electron chi connectivity index (χ2n) is 3.29. The molecule has 0 aliphatic heterocycles. The third-order valence-electron chi connectivity index (χ3n) is 2.19. The fourth-order valence-electron chi connectivity index (χ4n) is 1.31. The number of nitrogens with zero attached hydrogens (tertiary/aromatic N) is 3. The Kier molecular flexibility index (Phi) is 3.67. The second kappa shape index (κ2) is 4.99. The van der Waals surface area contributed by atoms with Crippen LogP contribution in [0.15, 0.2) is 18.3 Å². The van der Waals surface area contributed by atoms with Gasteiger partial charge >= 0.3 is 0 Å². The number of benzene rings is 1. The van der Waals surface area contributed by atoms with Gasteiger partial charge in [0.05, 0.1) is 20.8 Å². The molecule has 9 nitrogen and oxygen atoms in total. The van der Waals surface area contributed by atoms with E-state index in [1.807, 2.05) is 0 Å². The molecule has 0 aromatic heterocycles. The van der Waals surface area contributed by atoms with E-state index in [4.69, 9.17) is 0 Å². The number of nitro groups is 3. The maximum absolute atomic E-state index is 10.7. The first kappa shape index (κ1) is 13.2. The highest BCUT2D eigenvalue weighted by molar-refractivity contribution is 5.64. The molecule has 18 heavy (non-hydrogen) atoms. The minimum Gasteiger partial charge on any atom is -0.259 e. The van der Waals surface area contributed by atoms with Gasteiger partial charge < -0.3 is 0 Å². The quantitative estimate of drug-likeness (QED) is 0.596. The molecule has 0 saturated carbocycles. The summed E-state index contributed by atoms with van der Waals surface area (Å²) in [6, 6.07) is 1.86. The molecule has 0 bridgehead atoms. The number of nitro benzene ring substituents is 2. The molecule has 1 rings (SSSR count). The van der Waals surface area contributed by atoms with Gasteiger partial charge in [0.15, 0.2) is 0 Å². The minimum atomic E-state index is -0.796. The molecular formula is C9H7N3O6. The summed E-state index contributed by atoms with van der Waals surface area (Å²) in [5.74, 6) is 0. The molecule has 0 atom stereocenters. The van der Waals surface area contributed by atoms with Crippen LogP contribution in [0, 0.1) is 37.3 Å². The Morgan fingerprint density at radius 2 is 1.67 bits per heavy atom. The second-order valence-corrected chi connectivity index (χ2v) is 3.29. The summed E-state index contributed by atoms with van der Waals surface area (Å²) in [4.78, 5) is 29.2. The van der Waals surface area contributed by atoms with Crippen LogP contribution in [0.1, 0.15) is 11.1 Å². The molecule has 94 valence electrons. The molecule has 0 aliphatic carbocycles. The molecule has 0 N–H and O–H groups in total. The van der Waals surface area contributed by atoms with E-state index < -0.39 is 26.1 Å². The average molecular weight is 253 g/mol. The molecule has 0 aliphatic rings. The van der Waals surface area contributed by atoms with Gasteiger partial charge in [-0.15, -0.1) is 0 Å². The van der Waals surface area contributed by atoms with Gasteiger partial charge in [0.25, 0.3) is 11.4 Å². The van der Waals surface area contributed by atoms with E-state index in [9.17, 15) is 30.3 Å². The number of rotatable bonds is 4. The van der Waals surface area contributed by atoms with E-state index in [-0.39, 0.29) is 11.1 Å². The average Bonchev–Trinajstić information content (AvgIpc) is 2.26. The lowest BCUT2D eigenvalue weighted by Gasteiger charge is -2.01. The summed E-state index contributed by atoms with van der Waals surface area (Å²) in [7, 11) is 0. The van der Waals surface area contributed by atoms with Crippen LogP contribution in [-0.2, 0) is 0 Å². The van der Waals surface area contributed by atoms with E-state index in [2.05, 4.69) is 0 Å². The fraction of sp³-hybridized carbons (Fsp3) is 0.111. The first-order valence-electron chi connectivity index (χ1n) is 4.58. The Hall–Kier alpha value is -2.84. The Bertz CT molecular complexity index is 566. The van der Waals surface area contributed by atoms with Gasteiger partial charge in [-0.25, -0.2) is 0 Å². The molecule has 0 saturated heterocycles. The molecule has 9 heteroatoms. The summed E-state index contributed by atoms with van der Waals surface area (Å²) in [6.07, 6.45) is 1.55. The van der Waals surface area contributed by atoms with Crippen LogP contribution in [-0.4, -0.2) is 14.8 Å². The Balaban J connectivity index is 3.45. The highest BCUT2D eigenvalue weighted by Crippen LogP contribution is 2.28. The van der Waals surface area contributed by atoms with Crippen molar-refractivity contribution in [3.05, 3.63) is 59.8 Å². The SMILES string of the molecule is Cc1c(/C=C/[N+](=O)[O-])cc([N+](=O)[O-])cc1[N+](=O)[O-]. The van der Waals surface area contributed by atoms with Crippen molar-refractivity contribution in [3.63, 3.8) is 0 Å². The first-order chi connectivity index (χ1) is 8.32. The van der Waals surface area contributed by atoms with E-state index >= 15 is 0 Å². The van der Waals surface area contributed by atoms with Crippen LogP contribution < -0.4 is 0 Å². The third-order valence-corrected chi connectivity index (χ3v) is 2.19. The van der Waals surface area contributed by atoms with E-state index in [1.54, 1.807) is 0 Å². The smallest absolute Gasteiger partial charge is 0.259 e. The fourth-order valence-corrected chi connectivity index (χ4v) is 1.31. The van der Waals surface area contributed by atoms with Crippen molar-refractivity contribution >= 4 is 17.5 Å². The third kappa shape index (κ3) is 2.84. The molecule has 1 aromatic carbocycles. The van der Waals surface area contributed by atoms with E-state index in [0.717, 1.165) is 18.2 Å². The van der Waals surface area contributed by atoms with Gasteiger partial charge in [-0.3, -0.25) is 30.3 Å². The predicted octanol–water partition coefficient (Wildman–Crippen LogP) is 2.06. The van der Waals surface area contributed by atoms with Crippen molar-refractivity contribution in [2.75, 3.05) is 0 Å². The van der Waals surface area contributed by atoms with Crippen LogP contribution in [0.2, 0.25) is 0 Å². The van der Waals surface area contributed by atoms with Gasteiger partial charge in [0, 0.05) is 17.7 Å². The minimum absolute atomic E-state index is 0.0626. The van der Waals surface area contributed by atoms with Crippen LogP contribution in [0.3, 0.4) is 0 Å². The van der Waals surface area contributed by atoms with Crippen molar-refractivity contribution in [2.45, 2.75) is 6.92 Å². The predicted molar refractivity (Wildman–Crippen MR) is 60.5 cm³/mol. The molecular weight excluding hydrogens is 246 g/mol. The summed E-state index contributed by atoms with van der Waals surface area (Å²) < 4.78 is 0. The lowest BCUT2D eigenvalue weighted by atomic mass is 10.1. The highest BCUT2D eigenvalue weighted by Gasteiger charge is 2.20. The van der Waals surface area contributed by atoms with Gasteiger partial charge in [0.1, 0.15) is 0 Å². The largest absolute Gasteiger partial charge is 0.279 e. The zero-order valence-corrected chi connectivity index (χ0v) is 9.10. The molecule has 0 amide bonds. The molecule has 0 fully saturated rings. The molecule has 0 radical (unpaired) electrons. The van der Waals surface area contributed by atoms with Gasteiger partial charge in [0.2, 0.25) is 6.20 Å². The Morgan fingerprint density at radius 3 is 2.11 bits per heavy atom. The molecule has 0 unspecified atom stereocenters. The van der Waals surface area contributed by atoms with E-state index in [0.29, 0.717) is 6.20 Å². The van der Waals surface area contributed by atoms with Gasteiger partial charge in [-0.05, 0) is 12.5 Å². The van der Waals surface area contributed by atoms with Crippen molar-refractivity contribution in [1.29, 1.82) is 0 Å². The Morgan fingerprint density at radius 1 is 1.06 bits per heavy atom. The number of hydrogen-bond donors (Lipinski definition) is 0. The maximum atomic E-state index is 10.7. The van der Waals surface area contributed by atoms with E-state index in [1.165, 1.54) is 6.92 Å². The molecule has 1 aromatic rings. The highest BCUT2D eigenvalue weighted by atomic mass is 16.6. The van der Waals surface area contributed by atoms with Crippen LogP contribution >= 0.6 is 0 Å². The first-order valence-corrected chi connectivity index (χ1v) is 4.58.